The predicted molar refractivity (Wildman–Crippen MR) is 111 cm³/mol. The minimum atomic E-state index is -0.389. The van der Waals surface area contributed by atoms with Gasteiger partial charge in [-0.05, 0) is 36.8 Å². The molecule has 1 aliphatic carbocycles. The van der Waals surface area contributed by atoms with E-state index in [-0.39, 0.29) is 24.6 Å². The number of nitrogens with one attached hydrogen (secondary N) is 1. The van der Waals surface area contributed by atoms with Crippen LogP contribution >= 0.6 is 11.3 Å². The Bertz CT molecular complexity index is 1170. The van der Waals surface area contributed by atoms with Gasteiger partial charge < -0.3 is 9.72 Å². The van der Waals surface area contributed by atoms with Crippen molar-refractivity contribution in [2.45, 2.75) is 45.6 Å². The predicted octanol–water partition coefficient (Wildman–Crippen LogP) is 3.66. The van der Waals surface area contributed by atoms with E-state index in [4.69, 9.17) is 10.00 Å². The van der Waals surface area contributed by atoms with Crippen LogP contribution in [0.2, 0.25) is 0 Å². The number of thiophene rings is 1. The topological polar surface area (TPSA) is 95.8 Å². The monoisotopic (exact) mass is 407 g/mol. The number of esters is 1. The minimum absolute atomic E-state index is 0.0569. The third-order valence-corrected chi connectivity index (χ3v) is 6.46. The van der Waals surface area contributed by atoms with E-state index < -0.39 is 0 Å². The van der Waals surface area contributed by atoms with Crippen molar-refractivity contribution in [1.82, 2.24) is 9.97 Å². The van der Waals surface area contributed by atoms with Crippen LogP contribution in [0.25, 0.3) is 10.2 Å². The second kappa shape index (κ2) is 8.18. The number of rotatable bonds is 5. The standard InChI is InChI=1S/C22H21N3O3S/c1-13-6-7-16-17(10-13)29-22-20(16)21(27)24-18(25-22)8-9-19(26)28-12-15-5-3-2-4-14(15)11-23/h2-5,13H,6-10,12H2,1H3,(H,24,25,27)/t13-/m0/s1. The van der Waals surface area contributed by atoms with Gasteiger partial charge in [-0.2, -0.15) is 5.26 Å². The van der Waals surface area contributed by atoms with Gasteiger partial charge in [0.2, 0.25) is 0 Å². The molecule has 0 saturated heterocycles. The molecule has 1 N–H and O–H groups in total. The molecule has 0 spiro atoms. The molecular formula is C22H21N3O3S. The highest BCUT2D eigenvalue weighted by Gasteiger charge is 2.23. The summed E-state index contributed by atoms with van der Waals surface area (Å²) in [6, 6.07) is 9.10. The van der Waals surface area contributed by atoms with E-state index in [0.717, 1.165) is 35.0 Å². The van der Waals surface area contributed by atoms with Gasteiger partial charge in [0.1, 0.15) is 17.3 Å². The molecule has 1 aliphatic rings. The first-order chi connectivity index (χ1) is 14.0. The minimum Gasteiger partial charge on any atom is -0.461 e. The van der Waals surface area contributed by atoms with Gasteiger partial charge in [0.15, 0.2) is 0 Å². The first kappa shape index (κ1) is 19.3. The summed E-state index contributed by atoms with van der Waals surface area (Å²) in [5.74, 6) is 0.748. The fourth-order valence-corrected chi connectivity index (χ4v) is 5.12. The van der Waals surface area contributed by atoms with Gasteiger partial charge in [0, 0.05) is 16.9 Å². The van der Waals surface area contributed by atoms with Crippen LogP contribution in [0.1, 0.15) is 47.2 Å². The molecule has 148 valence electrons. The van der Waals surface area contributed by atoms with Crippen molar-refractivity contribution in [3.8, 4) is 6.07 Å². The number of hydrogen-bond donors (Lipinski definition) is 1. The highest BCUT2D eigenvalue weighted by Crippen LogP contribution is 2.35. The van der Waals surface area contributed by atoms with Crippen LogP contribution in [0, 0.1) is 17.2 Å². The molecule has 0 fully saturated rings. The zero-order chi connectivity index (χ0) is 20.4. The number of benzene rings is 1. The molecule has 1 atom stereocenters. The average Bonchev–Trinajstić information content (AvgIpc) is 3.08. The Morgan fingerprint density at radius 1 is 1.41 bits per heavy atom. The van der Waals surface area contributed by atoms with Crippen molar-refractivity contribution < 1.29 is 9.53 Å². The third-order valence-electron chi connectivity index (χ3n) is 5.31. The van der Waals surface area contributed by atoms with E-state index in [1.165, 1.54) is 4.88 Å². The van der Waals surface area contributed by atoms with E-state index in [1.54, 1.807) is 35.6 Å². The SMILES string of the molecule is C[C@H]1CCc2c(sc3nc(CCC(=O)OCc4ccccc4C#N)[nH]c(=O)c23)C1. The zero-order valence-electron chi connectivity index (χ0n) is 16.2. The van der Waals surface area contributed by atoms with Crippen LogP contribution in [-0.2, 0) is 35.4 Å². The second-order valence-corrected chi connectivity index (χ2v) is 8.56. The van der Waals surface area contributed by atoms with Crippen molar-refractivity contribution in [1.29, 1.82) is 5.26 Å². The molecule has 2 aromatic heterocycles. The first-order valence-corrected chi connectivity index (χ1v) is 10.5. The van der Waals surface area contributed by atoms with Gasteiger partial charge in [0.05, 0.1) is 23.4 Å². The lowest BCUT2D eigenvalue weighted by molar-refractivity contribution is -0.144. The molecule has 7 heteroatoms. The fraction of sp³-hybridized carbons (Fsp3) is 0.364. The molecule has 0 unspecified atom stereocenters. The quantitative estimate of drug-likeness (QED) is 0.651. The summed E-state index contributed by atoms with van der Waals surface area (Å²) in [6.07, 6.45) is 3.45. The number of nitrogens with zero attached hydrogens (tertiary/aromatic N) is 2. The van der Waals surface area contributed by atoms with Crippen LogP contribution in [0.15, 0.2) is 29.1 Å². The highest BCUT2D eigenvalue weighted by molar-refractivity contribution is 7.18. The number of ether oxygens (including phenoxy) is 1. The van der Waals surface area contributed by atoms with E-state index in [1.807, 2.05) is 0 Å². The number of H-pyrrole nitrogens is 1. The van der Waals surface area contributed by atoms with Gasteiger partial charge >= 0.3 is 5.97 Å². The summed E-state index contributed by atoms with van der Waals surface area (Å²) in [5.41, 5.74) is 2.20. The lowest BCUT2D eigenvalue weighted by Crippen LogP contribution is -2.15. The molecule has 0 amide bonds. The second-order valence-electron chi connectivity index (χ2n) is 7.47. The summed E-state index contributed by atoms with van der Waals surface area (Å²) in [4.78, 5) is 34.2. The Labute approximate surface area is 172 Å². The smallest absolute Gasteiger partial charge is 0.306 e. The van der Waals surface area contributed by atoms with Crippen LogP contribution in [0.5, 0.6) is 0 Å². The van der Waals surface area contributed by atoms with Crippen molar-refractivity contribution in [3.63, 3.8) is 0 Å². The molecule has 0 aliphatic heterocycles. The van der Waals surface area contributed by atoms with Crippen molar-refractivity contribution >= 4 is 27.5 Å². The molecule has 29 heavy (non-hydrogen) atoms. The molecule has 4 rings (SSSR count). The maximum atomic E-state index is 12.6. The van der Waals surface area contributed by atoms with Gasteiger partial charge in [-0.15, -0.1) is 11.3 Å². The van der Waals surface area contributed by atoms with Crippen molar-refractivity contribution in [3.05, 3.63) is 62.0 Å². The molecule has 2 heterocycles. The lowest BCUT2D eigenvalue weighted by atomic mass is 9.89. The van der Waals surface area contributed by atoms with Crippen LogP contribution in [-0.4, -0.2) is 15.9 Å². The molecule has 3 aromatic rings. The number of carbonyl (C=O) groups excluding carboxylic acids is 1. The van der Waals surface area contributed by atoms with Crippen molar-refractivity contribution in [2.24, 2.45) is 5.92 Å². The molecular weight excluding hydrogens is 386 g/mol. The Morgan fingerprint density at radius 2 is 2.24 bits per heavy atom. The van der Waals surface area contributed by atoms with E-state index in [2.05, 4.69) is 23.0 Å². The summed E-state index contributed by atoms with van der Waals surface area (Å²) < 4.78 is 5.28. The summed E-state index contributed by atoms with van der Waals surface area (Å²) >= 11 is 1.60. The Morgan fingerprint density at radius 3 is 3.07 bits per heavy atom. The maximum Gasteiger partial charge on any atom is 0.306 e. The normalized spacial score (nSPS) is 15.7. The number of hydrogen-bond acceptors (Lipinski definition) is 6. The summed E-state index contributed by atoms with van der Waals surface area (Å²) in [7, 11) is 0. The zero-order valence-corrected chi connectivity index (χ0v) is 17.0. The fourth-order valence-electron chi connectivity index (χ4n) is 3.72. The van der Waals surface area contributed by atoms with Gasteiger partial charge in [-0.3, -0.25) is 9.59 Å². The van der Waals surface area contributed by atoms with Crippen LogP contribution < -0.4 is 5.56 Å². The van der Waals surface area contributed by atoms with E-state index >= 15 is 0 Å². The number of carbonyl (C=O) groups is 1. The third kappa shape index (κ3) is 4.08. The van der Waals surface area contributed by atoms with Gasteiger partial charge in [0.25, 0.3) is 5.56 Å². The van der Waals surface area contributed by atoms with E-state index in [0.29, 0.717) is 29.3 Å². The van der Waals surface area contributed by atoms with Crippen LogP contribution in [0.4, 0.5) is 0 Å². The lowest BCUT2D eigenvalue weighted by Gasteiger charge is -2.17. The molecule has 0 bridgehead atoms. The largest absolute Gasteiger partial charge is 0.461 e. The number of nitriles is 1. The number of aromatic amines is 1. The molecule has 0 saturated carbocycles. The van der Waals surface area contributed by atoms with Crippen molar-refractivity contribution in [2.75, 3.05) is 0 Å². The Balaban J connectivity index is 1.43. The summed E-state index contributed by atoms with van der Waals surface area (Å²) in [6.45, 7) is 2.29. The number of aryl methyl sites for hydroxylation is 2. The molecule has 6 nitrogen and oxygen atoms in total. The number of aromatic nitrogens is 2. The molecule has 0 radical (unpaired) electrons. The first-order valence-electron chi connectivity index (χ1n) is 9.72. The average molecular weight is 407 g/mol. The maximum absolute atomic E-state index is 12.6. The van der Waals surface area contributed by atoms with Gasteiger partial charge in [-0.1, -0.05) is 25.1 Å². The summed E-state index contributed by atoms with van der Waals surface area (Å²) in [5, 5.41) is 9.81. The number of fused-ring (bicyclic) bond motifs is 3. The van der Waals surface area contributed by atoms with Gasteiger partial charge in [-0.25, -0.2) is 4.98 Å². The Kier molecular flexibility index (Phi) is 5.45. The highest BCUT2D eigenvalue weighted by atomic mass is 32.1. The van der Waals surface area contributed by atoms with Crippen LogP contribution in [0.3, 0.4) is 0 Å². The Hall–Kier alpha value is -2.98. The molecule has 1 aromatic carbocycles. The van der Waals surface area contributed by atoms with E-state index in [9.17, 15) is 9.59 Å².